The van der Waals surface area contributed by atoms with Crippen molar-refractivity contribution in [3.63, 3.8) is 0 Å². The van der Waals surface area contributed by atoms with E-state index in [0.29, 0.717) is 13.1 Å². The highest BCUT2D eigenvalue weighted by molar-refractivity contribution is 5.82. The molecule has 1 aliphatic heterocycles. The quantitative estimate of drug-likeness (QED) is 0.803. The van der Waals surface area contributed by atoms with Crippen LogP contribution in [0.25, 0.3) is 0 Å². The summed E-state index contributed by atoms with van der Waals surface area (Å²) in [6.45, 7) is 4.00. The molecule has 1 fully saturated rings. The summed E-state index contributed by atoms with van der Waals surface area (Å²) >= 11 is 0. The number of piperazine rings is 1. The van der Waals surface area contributed by atoms with E-state index in [1.54, 1.807) is 6.20 Å². The van der Waals surface area contributed by atoms with Crippen LogP contribution in [-0.4, -0.2) is 41.5 Å². The Balaban J connectivity index is 2.23. The molecule has 1 aliphatic rings. The van der Waals surface area contributed by atoms with Crippen molar-refractivity contribution >= 4 is 5.91 Å². The van der Waals surface area contributed by atoms with E-state index in [2.05, 4.69) is 15.2 Å². The molecule has 0 aliphatic carbocycles. The molecule has 2 unspecified atom stereocenters. The highest BCUT2D eigenvalue weighted by Gasteiger charge is 2.33. The van der Waals surface area contributed by atoms with Gasteiger partial charge < -0.3 is 11.1 Å². The minimum Gasteiger partial charge on any atom is -0.353 e. The molecule has 2 atom stereocenters. The summed E-state index contributed by atoms with van der Waals surface area (Å²) in [6, 6.07) is 5.72. The average Bonchev–Trinajstić information content (AvgIpc) is 2.41. The molecule has 98 valence electrons. The smallest absolute Gasteiger partial charge is 0.237 e. The van der Waals surface area contributed by atoms with E-state index in [0.717, 1.165) is 18.7 Å². The van der Waals surface area contributed by atoms with Crippen LogP contribution in [0.2, 0.25) is 0 Å². The van der Waals surface area contributed by atoms with Crippen LogP contribution in [0.3, 0.4) is 0 Å². The van der Waals surface area contributed by atoms with E-state index in [1.165, 1.54) is 0 Å². The van der Waals surface area contributed by atoms with Crippen molar-refractivity contribution < 1.29 is 4.79 Å². The Kier molecular flexibility index (Phi) is 4.28. The zero-order valence-electron chi connectivity index (χ0n) is 10.7. The van der Waals surface area contributed by atoms with E-state index in [-0.39, 0.29) is 18.0 Å². The lowest BCUT2D eigenvalue weighted by atomic mass is 10.0. The summed E-state index contributed by atoms with van der Waals surface area (Å²) in [6.07, 6.45) is 2.55. The number of nitrogens with two attached hydrogens (primary N) is 1. The van der Waals surface area contributed by atoms with Crippen molar-refractivity contribution in [2.75, 3.05) is 19.6 Å². The third-order valence-corrected chi connectivity index (χ3v) is 3.41. The van der Waals surface area contributed by atoms with E-state index in [1.807, 2.05) is 25.1 Å². The Bertz CT molecular complexity index is 395. The first-order valence-corrected chi connectivity index (χ1v) is 6.42. The molecule has 18 heavy (non-hydrogen) atoms. The largest absolute Gasteiger partial charge is 0.353 e. The molecule has 1 amide bonds. The van der Waals surface area contributed by atoms with Crippen molar-refractivity contribution in [3.05, 3.63) is 30.1 Å². The van der Waals surface area contributed by atoms with Gasteiger partial charge in [0, 0.05) is 25.8 Å². The summed E-state index contributed by atoms with van der Waals surface area (Å²) in [4.78, 5) is 18.4. The average molecular weight is 248 g/mol. The first kappa shape index (κ1) is 13.0. The maximum Gasteiger partial charge on any atom is 0.237 e. The molecule has 1 aromatic heterocycles. The number of nitrogens with one attached hydrogen (secondary N) is 1. The standard InChI is InChI=1S/C13H20N4O/c1-2-11-13(18)16-7-8-17(11)12(9-14)10-5-3-4-6-15-10/h3-6,11-12H,2,7-9,14H2,1H3,(H,16,18). The second kappa shape index (κ2) is 5.93. The Hall–Kier alpha value is -1.46. The predicted octanol–water partition coefficient (Wildman–Crippen LogP) is 0.292. The second-order valence-corrected chi connectivity index (χ2v) is 4.46. The Morgan fingerprint density at radius 2 is 2.44 bits per heavy atom. The fraction of sp³-hybridized carbons (Fsp3) is 0.538. The minimum atomic E-state index is -0.102. The van der Waals surface area contributed by atoms with Crippen molar-refractivity contribution in [2.45, 2.75) is 25.4 Å². The number of hydrogen-bond acceptors (Lipinski definition) is 4. The van der Waals surface area contributed by atoms with Gasteiger partial charge in [0.25, 0.3) is 0 Å². The number of nitrogens with zero attached hydrogens (tertiary/aromatic N) is 2. The fourth-order valence-electron chi connectivity index (χ4n) is 2.52. The molecule has 3 N–H and O–H groups in total. The van der Waals surface area contributed by atoms with Gasteiger partial charge in [0.1, 0.15) is 0 Å². The topological polar surface area (TPSA) is 71.2 Å². The Morgan fingerprint density at radius 1 is 1.61 bits per heavy atom. The van der Waals surface area contributed by atoms with Crippen LogP contribution >= 0.6 is 0 Å². The highest BCUT2D eigenvalue weighted by Crippen LogP contribution is 2.23. The van der Waals surface area contributed by atoms with E-state index in [9.17, 15) is 4.79 Å². The van der Waals surface area contributed by atoms with Gasteiger partial charge in [0.2, 0.25) is 5.91 Å². The number of pyridine rings is 1. The summed E-state index contributed by atoms with van der Waals surface area (Å²) in [5.41, 5.74) is 6.82. The van der Waals surface area contributed by atoms with Crippen molar-refractivity contribution in [2.24, 2.45) is 5.73 Å². The van der Waals surface area contributed by atoms with E-state index < -0.39 is 0 Å². The van der Waals surface area contributed by atoms with Crippen molar-refractivity contribution in [1.82, 2.24) is 15.2 Å². The maximum absolute atomic E-state index is 11.9. The molecule has 1 saturated heterocycles. The van der Waals surface area contributed by atoms with E-state index >= 15 is 0 Å². The van der Waals surface area contributed by atoms with Crippen LogP contribution in [0.4, 0.5) is 0 Å². The lowest BCUT2D eigenvalue weighted by Gasteiger charge is -2.39. The van der Waals surface area contributed by atoms with Crippen LogP contribution in [0.15, 0.2) is 24.4 Å². The van der Waals surface area contributed by atoms with Crippen LogP contribution in [-0.2, 0) is 4.79 Å². The van der Waals surface area contributed by atoms with E-state index in [4.69, 9.17) is 5.73 Å². The monoisotopic (exact) mass is 248 g/mol. The molecule has 0 aromatic carbocycles. The summed E-state index contributed by atoms with van der Waals surface area (Å²) in [5, 5.41) is 2.90. The van der Waals surface area contributed by atoms with Gasteiger partial charge in [-0.15, -0.1) is 0 Å². The van der Waals surface area contributed by atoms with Gasteiger partial charge in [-0.25, -0.2) is 0 Å². The van der Waals surface area contributed by atoms with Gasteiger partial charge in [-0.05, 0) is 18.6 Å². The summed E-state index contributed by atoms with van der Waals surface area (Å²) in [7, 11) is 0. The lowest BCUT2D eigenvalue weighted by Crippen LogP contribution is -2.57. The third-order valence-electron chi connectivity index (χ3n) is 3.41. The van der Waals surface area contributed by atoms with Gasteiger partial charge >= 0.3 is 0 Å². The molecule has 0 saturated carbocycles. The molecule has 5 heteroatoms. The number of hydrogen-bond donors (Lipinski definition) is 2. The predicted molar refractivity (Wildman–Crippen MR) is 69.8 cm³/mol. The van der Waals surface area contributed by atoms with Crippen molar-refractivity contribution in [1.29, 1.82) is 0 Å². The van der Waals surface area contributed by atoms with Gasteiger partial charge in [0.05, 0.1) is 17.8 Å². The molecule has 0 radical (unpaired) electrons. The molecular weight excluding hydrogens is 228 g/mol. The normalized spacial score (nSPS) is 22.6. The van der Waals surface area contributed by atoms with Gasteiger partial charge in [-0.3, -0.25) is 14.7 Å². The van der Waals surface area contributed by atoms with Crippen LogP contribution < -0.4 is 11.1 Å². The number of carbonyl (C=O) groups is 1. The molecule has 1 aromatic rings. The van der Waals surface area contributed by atoms with Crippen LogP contribution in [0, 0.1) is 0 Å². The number of rotatable bonds is 4. The minimum absolute atomic E-state index is 0.0159. The molecule has 5 nitrogen and oxygen atoms in total. The molecule has 0 bridgehead atoms. The Morgan fingerprint density at radius 3 is 3.06 bits per heavy atom. The maximum atomic E-state index is 11.9. The fourth-order valence-corrected chi connectivity index (χ4v) is 2.52. The first-order chi connectivity index (χ1) is 8.77. The number of carbonyl (C=O) groups excluding carboxylic acids is 1. The Labute approximate surface area is 107 Å². The number of amides is 1. The zero-order chi connectivity index (χ0) is 13.0. The lowest BCUT2D eigenvalue weighted by molar-refractivity contribution is -0.130. The molecule has 0 spiro atoms. The SMILES string of the molecule is CCC1C(=O)NCCN1C(CN)c1ccccn1. The van der Waals surface area contributed by atoms with Gasteiger partial charge in [0.15, 0.2) is 0 Å². The molecular formula is C13H20N4O. The first-order valence-electron chi connectivity index (χ1n) is 6.42. The van der Waals surface area contributed by atoms with Gasteiger partial charge in [-0.2, -0.15) is 0 Å². The zero-order valence-corrected chi connectivity index (χ0v) is 10.7. The summed E-state index contributed by atoms with van der Waals surface area (Å²) < 4.78 is 0. The number of aromatic nitrogens is 1. The second-order valence-electron chi connectivity index (χ2n) is 4.46. The highest BCUT2D eigenvalue weighted by atomic mass is 16.2. The van der Waals surface area contributed by atoms with Crippen LogP contribution in [0.5, 0.6) is 0 Å². The molecule has 2 rings (SSSR count). The van der Waals surface area contributed by atoms with Crippen LogP contribution in [0.1, 0.15) is 25.1 Å². The third kappa shape index (κ3) is 2.52. The summed E-state index contributed by atoms with van der Waals surface area (Å²) in [5.74, 6) is 0.0955. The molecule has 2 heterocycles. The van der Waals surface area contributed by atoms with Crippen molar-refractivity contribution in [3.8, 4) is 0 Å². The van der Waals surface area contributed by atoms with Gasteiger partial charge in [-0.1, -0.05) is 13.0 Å².